The predicted molar refractivity (Wildman–Crippen MR) is 70.0 cm³/mol. The molecule has 1 saturated carbocycles. The Morgan fingerprint density at radius 1 is 1.33 bits per heavy atom. The van der Waals surface area contributed by atoms with Crippen LogP contribution < -0.4 is 0 Å². The molecule has 0 radical (unpaired) electrons. The quantitative estimate of drug-likeness (QED) is 0.759. The smallest absolute Gasteiger partial charge is 0.0954 e. The van der Waals surface area contributed by atoms with Crippen molar-refractivity contribution in [2.45, 2.75) is 57.9 Å². The lowest BCUT2D eigenvalue weighted by molar-refractivity contribution is 0.228. The maximum absolute atomic E-state index is 9.37. The molecule has 3 unspecified atom stereocenters. The number of aryl methyl sites for hydroxylation is 1. The van der Waals surface area contributed by atoms with Crippen LogP contribution in [-0.2, 0) is 12.8 Å². The molecule has 0 saturated heterocycles. The van der Waals surface area contributed by atoms with Crippen LogP contribution in [-0.4, -0.2) is 9.55 Å². The first-order chi connectivity index (χ1) is 8.79. The van der Waals surface area contributed by atoms with Crippen molar-refractivity contribution in [1.82, 2.24) is 9.55 Å². The summed E-state index contributed by atoms with van der Waals surface area (Å²) in [5, 5.41) is 9.37. The Labute approximate surface area is 109 Å². The van der Waals surface area contributed by atoms with Gasteiger partial charge < -0.3 is 4.57 Å². The molecule has 0 aromatic carbocycles. The molecule has 3 nitrogen and oxygen atoms in total. The molecule has 2 aliphatic carbocycles. The predicted octanol–water partition coefficient (Wildman–Crippen LogP) is 3.26. The summed E-state index contributed by atoms with van der Waals surface area (Å²) >= 11 is 0. The van der Waals surface area contributed by atoms with Gasteiger partial charge in [0, 0.05) is 5.69 Å². The highest BCUT2D eigenvalue weighted by Gasteiger charge is 2.32. The van der Waals surface area contributed by atoms with Gasteiger partial charge in [-0.05, 0) is 50.9 Å². The molecule has 3 heteroatoms. The zero-order valence-corrected chi connectivity index (χ0v) is 11.1. The van der Waals surface area contributed by atoms with Gasteiger partial charge in [-0.25, -0.2) is 4.98 Å². The number of nitrogens with zero attached hydrogens (tertiary/aromatic N) is 3. The second-order valence-corrected chi connectivity index (χ2v) is 5.97. The normalized spacial score (nSPS) is 31.7. The van der Waals surface area contributed by atoms with Crippen LogP contribution in [0.5, 0.6) is 0 Å². The monoisotopic (exact) mass is 243 g/mol. The summed E-state index contributed by atoms with van der Waals surface area (Å²) in [6.07, 6.45) is 10.2. The fraction of sp³-hybridized carbons (Fsp3) is 0.733. The van der Waals surface area contributed by atoms with Gasteiger partial charge in [-0.1, -0.05) is 6.92 Å². The van der Waals surface area contributed by atoms with E-state index in [0.717, 1.165) is 31.6 Å². The van der Waals surface area contributed by atoms with E-state index < -0.39 is 0 Å². The Hall–Kier alpha value is -1.30. The van der Waals surface area contributed by atoms with Crippen LogP contribution in [0, 0.1) is 23.2 Å². The van der Waals surface area contributed by atoms with E-state index in [-0.39, 0.29) is 5.92 Å². The van der Waals surface area contributed by atoms with E-state index in [1.54, 1.807) is 0 Å². The zero-order chi connectivity index (χ0) is 12.5. The number of hydrogen-bond donors (Lipinski definition) is 0. The molecular formula is C15H21N3. The van der Waals surface area contributed by atoms with Crippen LogP contribution in [0.3, 0.4) is 0 Å². The lowest BCUT2D eigenvalue weighted by atomic mass is 9.79. The molecule has 1 aromatic heterocycles. The molecule has 0 spiro atoms. The molecule has 18 heavy (non-hydrogen) atoms. The molecule has 1 heterocycles. The second-order valence-electron chi connectivity index (χ2n) is 5.97. The van der Waals surface area contributed by atoms with Gasteiger partial charge in [-0.3, -0.25) is 0 Å². The highest BCUT2D eigenvalue weighted by Crippen LogP contribution is 2.38. The SMILES string of the molecule is CC1CCC(C#N)C(n2cnc3c2CCCC3)C1. The standard InChI is InChI=1S/C15H21N3/c1-11-6-7-12(9-16)15(8-11)18-10-17-13-4-2-3-5-14(13)18/h10-12,15H,2-8H2,1H3. The van der Waals surface area contributed by atoms with Crippen molar-refractivity contribution in [2.24, 2.45) is 11.8 Å². The molecule has 96 valence electrons. The van der Waals surface area contributed by atoms with E-state index in [2.05, 4.69) is 22.5 Å². The van der Waals surface area contributed by atoms with Crippen LogP contribution in [0.4, 0.5) is 0 Å². The number of fused-ring (bicyclic) bond motifs is 1. The average Bonchev–Trinajstić information content (AvgIpc) is 2.82. The van der Waals surface area contributed by atoms with Gasteiger partial charge >= 0.3 is 0 Å². The van der Waals surface area contributed by atoms with Crippen LogP contribution in [0.25, 0.3) is 0 Å². The summed E-state index contributed by atoms with van der Waals surface area (Å²) in [7, 11) is 0. The minimum atomic E-state index is 0.182. The highest BCUT2D eigenvalue weighted by atomic mass is 15.1. The maximum atomic E-state index is 9.37. The number of rotatable bonds is 1. The van der Waals surface area contributed by atoms with E-state index in [1.807, 2.05) is 6.33 Å². The molecule has 3 atom stereocenters. The maximum Gasteiger partial charge on any atom is 0.0954 e. The van der Waals surface area contributed by atoms with Gasteiger partial charge in [0.2, 0.25) is 0 Å². The summed E-state index contributed by atoms with van der Waals surface area (Å²) in [6.45, 7) is 2.31. The number of imidazole rings is 1. The van der Waals surface area contributed by atoms with Crippen molar-refractivity contribution in [1.29, 1.82) is 5.26 Å². The van der Waals surface area contributed by atoms with Gasteiger partial charge in [-0.15, -0.1) is 0 Å². The van der Waals surface area contributed by atoms with Crippen molar-refractivity contribution in [3.63, 3.8) is 0 Å². The summed E-state index contributed by atoms with van der Waals surface area (Å²) in [5.74, 6) is 0.919. The number of hydrogen-bond acceptors (Lipinski definition) is 2. The average molecular weight is 243 g/mol. The van der Waals surface area contributed by atoms with Crippen LogP contribution in [0.2, 0.25) is 0 Å². The third kappa shape index (κ3) is 1.94. The second kappa shape index (κ2) is 4.76. The first kappa shape index (κ1) is 11.8. The van der Waals surface area contributed by atoms with Gasteiger partial charge in [0.05, 0.1) is 30.1 Å². The summed E-state index contributed by atoms with van der Waals surface area (Å²) in [5.41, 5.74) is 2.71. The Balaban J connectivity index is 1.92. The Bertz CT molecular complexity index is 469. The van der Waals surface area contributed by atoms with E-state index in [4.69, 9.17) is 0 Å². The Morgan fingerprint density at radius 3 is 3.00 bits per heavy atom. The lowest BCUT2D eigenvalue weighted by Gasteiger charge is -2.33. The van der Waals surface area contributed by atoms with Crippen LogP contribution in [0.15, 0.2) is 6.33 Å². The lowest BCUT2D eigenvalue weighted by Crippen LogP contribution is -2.27. The molecule has 3 rings (SSSR count). The van der Waals surface area contributed by atoms with Gasteiger partial charge in [0.1, 0.15) is 0 Å². The van der Waals surface area contributed by atoms with Crippen molar-refractivity contribution in [3.8, 4) is 6.07 Å². The summed E-state index contributed by atoms with van der Waals surface area (Å²) < 4.78 is 2.35. The van der Waals surface area contributed by atoms with E-state index in [9.17, 15) is 5.26 Å². The summed E-state index contributed by atoms with van der Waals surface area (Å²) in [6, 6.07) is 2.89. The summed E-state index contributed by atoms with van der Waals surface area (Å²) in [4.78, 5) is 4.58. The number of nitriles is 1. The molecule has 0 N–H and O–H groups in total. The van der Waals surface area contributed by atoms with E-state index in [1.165, 1.54) is 30.7 Å². The van der Waals surface area contributed by atoms with E-state index in [0.29, 0.717) is 6.04 Å². The minimum Gasteiger partial charge on any atom is -0.330 e. The molecule has 1 aromatic rings. The largest absolute Gasteiger partial charge is 0.330 e. The molecule has 1 fully saturated rings. The minimum absolute atomic E-state index is 0.182. The van der Waals surface area contributed by atoms with Crippen molar-refractivity contribution in [3.05, 3.63) is 17.7 Å². The third-order valence-corrected chi connectivity index (χ3v) is 4.66. The molecular weight excluding hydrogens is 222 g/mol. The van der Waals surface area contributed by atoms with Crippen molar-refractivity contribution < 1.29 is 0 Å². The third-order valence-electron chi connectivity index (χ3n) is 4.66. The molecule has 2 aliphatic rings. The van der Waals surface area contributed by atoms with Crippen molar-refractivity contribution in [2.75, 3.05) is 0 Å². The molecule has 0 amide bonds. The molecule has 0 aliphatic heterocycles. The first-order valence-electron chi connectivity index (χ1n) is 7.23. The zero-order valence-electron chi connectivity index (χ0n) is 11.1. The van der Waals surface area contributed by atoms with Gasteiger partial charge in [0.25, 0.3) is 0 Å². The van der Waals surface area contributed by atoms with E-state index >= 15 is 0 Å². The first-order valence-corrected chi connectivity index (χ1v) is 7.23. The van der Waals surface area contributed by atoms with Gasteiger partial charge in [-0.2, -0.15) is 5.26 Å². The van der Waals surface area contributed by atoms with Crippen molar-refractivity contribution >= 4 is 0 Å². The Kier molecular flexibility index (Phi) is 3.11. The topological polar surface area (TPSA) is 41.6 Å². The highest BCUT2D eigenvalue weighted by molar-refractivity contribution is 5.18. The van der Waals surface area contributed by atoms with Crippen LogP contribution >= 0.6 is 0 Å². The van der Waals surface area contributed by atoms with Gasteiger partial charge in [0.15, 0.2) is 0 Å². The van der Waals surface area contributed by atoms with Crippen LogP contribution in [0.1, 0.15) is 56.5 Å². The number of aromatic nitrogens is 2. The Morgan fingerprint density at radius 2 is 2.17 bits per heavy atom. The fourth-order valence-corrected chi connectivity index (χ4v) is 3.59. The fourth-order valence-electron chi connectivity index (χ4n) is 3.59. The molecule has 0 bridgehead atoms.